The van der Waals surface area contributed by atoms with Crippen molar-refractivity contribution in [2.45, 2.75) is 25.4 Å². The zero-order valence-corrected chi connectivity index (χ0v) is 14.1. The summed E-state index contributed by atoms with van der Waals surface area (Å²) in [4.78, 5) is 10.5. The van der Waals surface area contributed by atoms with Gasteiger partial charge in [-0.25, -0.2) is 9.97 Å². The van der Waals surface area contributed by atoms with Gasteiger partial charge in [0.25, 0.3) is 10.2 Å². The standard InChI is InChI=1S/C16H21N5O2S/c22-24(23,19-12-14-6-2-1-3-7-14)20-15-8-4-11-21(13-15)16-17-9-5-10-18-16/h1-3,5-7,9-10,15,19-20H,4,8,11-13H2/t15-/m0/s1. The monoisotopic (exact) mass is 347 g/mol. The average molecular weight is 347 g/mol. The highest BCUT2D eigenvalue weighted by Gasteiger charge is 2.25. The first-order chi connectivity index (χ1) is 11.6. The van der Waals surface area contributed by atoms with Gasteiger partial charge in [0.1, 0.15) is 0 Å². The van der Waals surface area contributed by atoms with E-state index in [0.717, 1.165) is 24.9 Å². The Morgan fingerprint density at radius 3 is 2.62 bits per heavy atom. The van der Waals surface area contributed by atoms with E-state index in [4.69, 9.17) is 0 Å². The fourth-order valence-corrected chi connectivity index (χ4v) is 3.82. The lowest BCUT2D eigenvalue weighted by atomic mass is 10.1. The third-order valence-electron chi connectivity index (χ3n) is 3.89. The second-order valence-electron chi connectivity index (χ2n) is 5.76. The van der Waals surface area contributed by atoms with E-state index in [9.17, 15) is 8.42 Å². The zero-order valence-electron chi connectivity index (χ0n) is 13.3. The summed E-state index contributed by atoms with van der Waals surface area (Å²) in [5.74, 6) is 0.638. The molecule has 1 fully saturated rings. The highest BCUT2D eigenvalue weighted by molar-refractivity contribution is 7.87. The molecule has 0 radical (unpaired) electrons. The number of hydrogen-bond donors (Lipinski definition) is 2. The highest BCUT2D eigenvalue weighted by Crippen LogP contribution is 2.15. The topological polar surface area (TPSA) is 87.2 Å². The molecule has 1 aromatic heterocycles. The van der Waals surface area contributed by atoms with Crippen molar-refractivity contribution in [2.75, 3.05) is 18.0 Å². The van der Waals surface area contributed by atoms with Gasteiger partial charge in [-0.3, -0.25) is 0 Å². The van der Waals surface area contributed by atoms with E-state index >= 15 is 0 Å². The lowest BCUT2D eigenvalue weighted by molar-refractivity contribution is 0.458. The SMILES string of the molecule is O=S(=O)(NCc1ccccc1)N[C@H]1CCCN(c2ncccn2)C1. The fourth-order valence-electron chi connectivity index (χ4n) is 2.74. The van der Waals surface area contributed by atoms with E-state index in [0.29, 0.717) is 12.5 Å². The van der Waals surface area contributed by atoms with Crippen LogP contribution in [0.4, 0.5) is 5.95 Å². The molecule has 0 amide bonds. The minimum atomic E-state index is -3.55. The smallest absolute Gasteiger partial charge is 0.277 e. The molecule has 0 unspecified atom stereocenters. The summed E-state index contributed by atoms with van der Waals surface area (Å²) < 4.78 is 29.8. The maximum Gasteiger partial charge on any atom is 0.277 e. The molecule has 1 aromatic carbocycles. The fraction of sp³-hybridized carbons (Fsp3) is 0.375. The van der Waals surface area contributed by atoms with Crippen LogP contribution in [0.1, 0.15) is 18.4 Å². The molecular formula is C16H21N5O2S. The number of benzene rings is 1. The van der Waals surface area contributed by atoms with Crippen molar-refractivity contribution in [3.63, 3.8) is 0 Å². The summed E-state index contributed by atoms with van der Waals surface area (Å²) in [7, 11) is -3.55. The first-order valence-electron chi connectivity index (χ1n) is 7.95. The minimum absolute atomic E-state index is 0.157. The van der Waals surface area contributed by atoms with E-state index in [-0.39, 0.29) is 12.6 Å². The Labute approximate surface area is 142 Å². The lowest BCUT2D eigenvalue weighted by Crippen LogP contribution is -2.51. The van der Waals surface area contributed by atoms with Crippen LogP contribution in [-0.2, 0) is 16.8 Å². The van der Waals surface area contributed by atoms with E-state index in [1.807, 2.05) is 35.2 Å². The Morgan fingerprint density at radius 2 is 1.88 bits per heavy atom. The summed E-state index contributed by atoms with van der Waals surface area (Å²) in [6.45, 7) is 1.67. The molecule has 0 spiro atoms. The highest BCUT2D eigenvalue weighted by atomic mass is 32.2. The van der Waals surface area contributed by atoms with Crippen LogP contribution in [0.5, 0.6) is 0 Å². The number of nitrogens with zero attached hydrogens (tertiary/aromatic N) is 3. The quantitative estimate of drug-likeness (QED) is 0.816. The van der Waals surface area contributed by atoms with Crippen LogP contribution in [0.3, 0.4) is 0 Å². The Kier molecular flexibility index (Phi) is 5.39. The molecule has 1 atom stereocenters. The summed E-state index contributed by atoms with van der Waals surface area (Å²) in [6.07, 6.45) is 5.08. The first kappa shape index (κ1) is 16.8. The molecule has 0 aliphatic carbocycles. The number of piperidine rings is 1. The van der Waals surface area contributed by atoms with Crippen molar-refractivity contribution >= 4 is 16.2 Å². The minimum Gasteiger partial charge on any atom is -0.339 e. The lowest BCUT2D eigenvalue weighted by Gasteiger charge is -2.32. The number of nitrogens with one attached hydrogen (secondary N) is 2. The molecular weight excluding hydrogens is 326 g/mol. The van der Waals surface area contributed by atoms with Gasteiger partial charge in [0.2, 0.25) is 5.95 Å². The van der Waals surface area contributed by atoms with Gasteiger partial charge in [0.15, 0.2) is 0 Å². The number of anilines is 1. The van der Waals surface area contributed by atoms with Gasteiger partial charge in [0, 0.05) is 38.1 Å². The number of rotatable bonds is 6. The van der Waals surface area contributed by atoms with Gasteiger partial charge in [-0.2, -0.15) is 17.9 Å². The van der Waals surface area contributed by atoms with Crippen LogP contribution in [0.15, 0.2) is 48.8 Å². The number of hydrogen-bond acceptors (Lipinski definition) is 5. The van der Waals surface area contributed by atoms with Crippen molar-refractivity contribution in [1.82, 2.24) is 19.4 Å². The van der Waals surface area contributed by atoms with Crippen molar-refractivity contribution < 1.29 is 8.42 Å². The molecule has 0 saturated carbocycles. The number of aromatic nitrogens is 2. The van der Waals surface area contributed by atoms with Crippen LogP contribution in [0.25, 0.3) is 0 Å². The summed E-state index contributed by atoms with van der Waals surface area (Å²) in [5.41, 5.74) is 0.922. The van der Waals surface area contributed by atoms with E-state index < -0.39 is 10.2 Å². The molecule has 128 valence electrons. The van der Waals surface area contributed by atoms with E-state index in [1.54, 1.807) is 18.5 Å². The molecule has 0 bridgehead atoms. The molecule has 7 nitrogen and oxygen atoms in total. The zero-order chi connectivity index (χ0) is 16.8. The molecule has 8 heteroatoms. The third-order valence-corrected chi connectivity index (χ3v) is 5.06. The summed E-state index contributed by atoms with van der Waals surface area (Å²) in [6, 6.07) is 11.1. The predicted molar refractivity (Wildman–Crippen MR) is 92.6 cm³/mol. The largest absolute Gasteiger partial charge is 0.339 e. The van der Waals surface area contributed by atoms with Crippen LogP contribution in [0, 0.1) is 0 Å². The molecule has 2 N–H and O–H groups in total. The second kappa shape index (κ2) is 7.69. The molecule has 1 aliphatic rings. The normalized spacial score (nSPS) is 18.5. The van der Waals surface area contributed by atoms with Gasteiger partial charge < -0.3 is 4.90 Å². The van der Waals surface area contributed by atoms with Crippen LogP contribution < -0.4 is 14.3 Å². The van der Waals surface area contributed by atoms with Gasteiger partial charge >= 0.3 is 0 Å². The predicted octanol–water partition coefficient (Wildman–Crippen LogP) is 1.07. The molecule has 1 saturated heterocycles. The molecule has 24 heavy (non-hydrogen) atoms. The van der Waals surface area contributed by atoms with Gasteiger partial charge in [-0.15, -0.1) is 0 Å². The summed E-state index contributed by atoms with van der Waals surface area (Å²) >= 11 is 0. The Hall–Kier alpha value is -2.03. The Morgan fingerprint density at radius 1 is 1.12 bits per heavy atom. The van der Waals surface area contributed by atoms with Crippen molar-refractivity contribution in [1.29, 1.82) is 0 Å². The van der Waals surface area contributed by atoms with Gasteiger partial charge in [0.05, 0.1) is 0 Å². The van der Waals surface area contributed by atoms with E-state index in [1.165, 1.54) is 0 Å². The van der Waals surface area contributed by atoms with Gasteiger partial charge in [-0.1, -0.05) is 30.3 Å². The van der Waals surface area contributed by atoms with Crippen LogP contribution in [-0.4, -0.2) is 37.5 Å². The molecule has 2 heterocycles. The Bertz CT molecular complexity index is 740. The van der Waals surface area contributed by atoms with Crippen molar-refractivity contribution in [3.05, 3.63) is 54.4 Å². The van der Waals surface area contributed by atoms with Crippen molar-refractivity contribution in [2.24, 2.45) is 0 Å². The molecule has 1 aliphatic heterocycles. The third kappa shape index (κ3) is 4.73. The summed E-state index contributed by atoms with van der Waals surface area (Å²) in [5, 5.41) is 0. The van der Waals surface area contributed by atoms with E-state index in [2.05, 4.69) is 19.4 Å². The second-order valence-corrected chi connectivity index (χ2v) is 7.29. The van der Waals surface area contributed by atoms with Crippen LogP contribution >= 0.6 is 0 Å². The maximum atomic E-state index is 12.2. The first-order valence-corrected chi connectivity index (χ1v) is 9.43. The van der Waals surface area contributed by atoms with Gasteiger partial charge in [-0.05, 0) is 24.5 Å². The Balaban J connectivity index is 1.56. The van der Waals surface area contributed by atoms with Crippen molar-refractivity contribution in [3.8, 4) is 0 Å². The van der Waals surface area contributed by atoms with Crippen LogP contribution in [0.2, 0.25) is 0 Å². The average Bonchev–Trinajstić information content (AvgIpc) is 2.62. The molecule has 2 aromatic rings. The molecule has 3 rings (SSSR count). The maximum absolute atomic E-state index is 12.2.